The van der Waals surface area contributed by atoms with Gasteiger partial charge in [-0.25, -0.2) is 4.98 Å². The van der Waals surface area contributed by atoms with Crippen LogP contribution < -0.4 is 5.32 Å². The third-order valence-corrected chi connectivity index (χ3v) is 3.85. The zero-order chi connectivity index (χ0) is 15.2. The van der Waals surface area contributed by atoms with Crippen molar-refractivity contribution in [1.29, 1.82) is 0 Å². The molecule has 1 saturated heterocycles. The number of likely N-dealkylation sites (tertiary alicyclic amines) is 1. The highest BCUT2D eigenvalue weighted by molar-refractivity contribution is 5.92. The van der Waals surface area contributed by atoms with E-state index in [2.05, 4.69) is 31.2 Å². The van der Waals surface area contributed by atoms with Gasteiger partial charge in [-0.15, -0.1) is 0 Å². The van der Waals surface area contributed by atoms with Crippen LogP contribution in [-0.4, -0.2) is 44.9 Å². The topological polar surface area (TPSA) is 71.0 Å². The van der Waals surface area contributed by atoms with Gasteiger partial charge in [0.15, 0.2) is 0 Å². The summed E-state index contributed by atoms with van der Waals surface area (Å²) >= 11 is 0. The molecule has 3 rings (SSSR count). The van der Waals surface area contributed by atoms with E-state index in [1.54, 1.807) is 12.4 Å². The number of pyridine rings is 1. The van der Waals surface area contributed by atoms with Crippen molar-refractivity contribution in [1.82, 2.24) is 25.2 Å². The van der Waals surface area contributed by atoms with E-state index in [4.69, 9.17) is 0 Å². The summed E-state index contributed by atoms with van der Waals surface area (Å²) < 4.78 is 0. The molecule has 0 aromatic carbocycles. The molecule has 1 N–H and O–H groups in total. The van der Waals surface area contributed by atoms with Crippen molar-refractivity contribution in [3.63, 3.8) is 0 Å². The van der Waals surface area contributed by atoms with E-state index in [9.17, 15) is 4.79 Å². The molecule has 2 aromatic heterocycles. The summed E-state index contributed by atoms with van der Waals surface area (Å²) in [5, 5.41) is 3.04. The van der Waals surface area contributed by atoms with Gasteiger partial charge in [0.05, 0.1) is 6.20 Å². The highest BCUT2D eigenvalue weighted by Gasteiger charge is 2.21. The minimum absolute atomic E-state index is 0.140. The molecule has 0 spiro atoms. The molecule has 1 aliphatic rings. The Balaban J connectivity index is 1.47. The van der Waals surface area contributed by atoms with E-state index in [1.807, 2.05) is 12.3 Å². The first-order valence-electron chi connectivity index (χ1n) is 7.49. The lowest BCUT2D eigenvalue weighted by atomic mass is 10.0. The second-order valence-corrected chi connectivity index (χ2v) is 5.48. The van der Waals surface area contributed by atoms with E-state index in [1.165, 1.54) is 18.0 Å². The molecular weight excluding hydrogens is 278 g/mol. The van der Waals surface area contributed by atoms with Crippen LogP contribution >= 0.6 is 0 Å². The molecule has 1 amide bonds. The summed E-state index contributed by atoms with van der Waals surface area (Å²) in [5.41, 5.74) is 1.60. The molecule has 3 heterocycles. The molecule has 114 valence electrons. The lowest BCUT2D eigenvalue weighted by Crippen LogP contribution is -2.44. The van der Waals surface area contributed by atoms with Crippen LogP contribution in [0.3, 0.4) is 0 Å². The molecule has 0 bridgehead atoms. The molecule has 2 aromatic rings. The van der Waals surface area contributed by atoms with E-state index in [-0.39, 0.29) is 11.9 Å². The van der Waals surface area contributed by atoms with E-state index in [0.29, 0.717) is 5.69 Å². The van der Waals surface area contributed by atoms with Crippen LogP contribution in [-0.2, 0) is 6.54 Å². The van der Waals surface area contributed by atoms with E-state index >= 15 is 0 Å². The third kappa shape index (κ3) is 3.85. The lowest BCUT2D eigenvalue weighted by molar-refractivity contribution is 0.0903. The van der Waals surface area contributed by atoms with Crippen molar-refractivity contribution in [2.24, 2.45) is 0 Å². The predicted octanol–water partition coefficient (Wildman–Crippen LogP) is 1.27. The number of hydrogen-bond acceptors (Lipinski definition) is 5. The number of rotatable bonds is 4. The fourth-order valence-electron chi connectivity index (χ4n) is 2.66. The van der Waals surface area contributed by atoms with E-state index in [0.717, 1.165) is 32.5 Å². The van der Waals surface area contributed by atoms with Crippen molar-refractivity contribution in [3.05, 3.63) is 54.4 Å². The summed E-state index contributed by atoms with van der Waals surface area (Å²) in [5.74, 6) is -0.140. The Morgan fingerprint density at radius 1 is 1.18 bits per heavy atom. The summed E-state index contributed by atoms with van der Waals surface area (Å²) in [7, 11) is 0. The van der Waals surface area contributed by atoms with E-state index < -0.39 is 0 Å². The fourth-order valence-corrected chi connectivity index (χ4v) is 2.66. The van der Waals surface area contributed by atoms with Gasteiger partial charge in [0.25, 0.3) is 5.91 Å². The number of carbonyl (C=O) groups excluding carboxylic acids is 1. The molecule has 0 unspecified atom stereocenters. The van der Waals surface area contributed by atoms with Crippen molar-refractivity contribution < 1.29 is 4.79 Å². The van der Waals surface area contributed by atoms with Gasteiger partial charge >= 0.3 is 0 Å². The number of aromatic nitrogens is 3. The molecule has 22 heavy (non-hydrogen) atoms. The molecule has 6 nitrogen and oxygen atoms in total. The number of amides is 1. The van der Waals surface area contributed by atoms with Gasteiger partial charge in [0.2, 0.25) is 0 Å². The first-order valence-corrected chi connectivity index (χ1v) is 7.49. The largest absolute Gasteiger partial charge is 0.348 e. The van der Waals surface area contributed by atoms with Crippen molar-refractivity contribution in [2.75, 3.05) is 13.1 Å². The first kappa shape index (κ1) is 14.6. The monoisotopic (exact) mass is 297 g/mol. The average Bonchev–Trinajstić information content (AvgIpc) is 2.58. The minimum Gasteiger partial charge on any atom is -0.348 e. The zero-order valence-electron chi connectivity index (χ0n) is 12.4. The SMILES string of the molecule is O=C(NC1CCN(Cc2cccnc2)CC1)c1cnccn1. The van der Waals surface area contributed by atoms with Crippen LogP contribution in [0.4, 0.5) is 0 Å². The molecule has 6 heteroatoms. The van der Waals surface area contributed by atoms with Crippen molar-refractivity contribution >= 4 is 5.91 Å². The number of nitrogens with one attached hydrogen (secondary N) is 1. The summed E-state index contributed by atoms with van der Waals surface area (Å²) in [6.45, 7) is 2.86. The predicted molar refractivity (Wildman–Crippen MR) is 82.0 cm³/mol. The normalized spacial score (nSPS) is 16.4. The molecule has 1 fully saturated rings. The Morgan fingerprint density at radius 3 is 2.68 bits per heavy atom. The van der Waals surface area contributed by atoms with Gasteiger partial charge in [-0.2, -0.15) is 0 Å². The van der Waals surface area contributed by atoms with Crippen LogP contribution in [0.5, 0.6) is 0 Å². The fraction of sp³-hybridized carbons (Fsp3) is 0.375. The Hall–Kier alpha value is -2.34. The Kier molecular flexibility index (Phi) is 4.70. The lowest BCUT2D eigenvalue weighted by Gasteiger charge is -2.32. The smallest absolute Gasteiger partial charge is 0.271 e. The average molecular weight is 297 g/mol. The van der Waals surface area contributed by atoms with Crippen LogP contribution in [0, 0.1) is 0 Å². The maximum atomic E-state index is 12.0. The van der Waals surface area contributed by atoms with Crippen molar-refractivity contribution in [3.8, 4) is 0 Å². The number of piperidine rings is 1. The third-order valence-electron chi connectivity index (χ3n) is 3.85. The summed E-state index contributed by atoms with van der Waals surface area (Å²) in [4.78, 5) is 26.5. The van der Waals surface area contributed by atoms with Gasteiger partial charge < -0.3 is 5.32 Å². The molecule has 0 saturated carbocycles. The molecule has 0 radical (unpaired) electrons. The molecule has 0 aliphatic carbocycles. The highest BCUT2D eigenvalue weighted by atomic mass is 16.1. The molecular formula is C16H19N5O. The highest BCUT2D eigenvalue weighted by Crippen LogP contribution is 2.13. The zero-order valence-corrected chi connectivity index (χ0v) is 12.4. The van der Waals surface area contributed by atoms with Crippen LogP contribution in [0.2, 0.25) is 0 Å². The number of nitrogens with zero attached hydrogens (tertiary/aromatic N) is 4. The minimum atomic E-state index is -0.140. The summed E-state index contributed by atoms with van der Waals surface area (Å²) in [6, 6.07) is 4.26. The van der Waals surface area contributed by atoms with Gasteiger partial charge in [0, 0.05) is 50.5 Å². The maximum absolute atomic E-state index is 12.0. The second kappa shape index (κ2) is 7.09. The molecule has 0 atom stereocenters. The maximum Gasteiger partial charge on any atom is 0.271 e. The Morgan fingerprint density at radius 2 is 2.00 bits per heavy atom. The second-order valence-electron chi connectivity index (χ2n) is 5.48. The Labute approximate surface area is 129 Å². The number of carbonyl (C=O) groups is 1. The van der Waals surface area contributed by atoms with Gasteiger partial charge in [-0.05, 0) is 24.5 Å². The van der Waals surface area contributed by atoms with Crippen LogP contribution in [0.15, 0.2) is 43.1 Å². The molecule has 1 aliphatic heterocycles. The van der Waals surface area contributed by atoms with Crippen molar-refractivity contribution in [2.45, 2.75) is 25.4 Å². The first-order chi connectivity index (χ1) is 10.8. The quantitative estimate of drug-likeness (QED) is 0.920. The van der Waals surface area contributed by atoms with Crippen LogP contribution in [0.25, 0.3) is 0 Å². The summed E-state index contributed by atoms with van der Waals surface area (Å²) in [6.07, 6.45) is 10.2. The van der Waals surface area contributed by atoms with Gasteiger partial charge in [-0.3, -0.25) is 19.7 Å². The van der Waals surface area contributed by atoms with Crippen LogP contribution in [0.1, 0.15) is 28.9 Å². The number of hydrogen-bond donors (Lipinski definition) is 1. The Bertz CT molecular complexity index is 596. The van der Waals surface area contributed by atoms with Gasteiger partial charge in [0.1, 0.15) is 5.69 Å². The van der Waals surface area contributed by atoms with Gasteiger partial charge in [-0.1, -0.05) is 6.07 Å². The standard InChI is InChI=1S/C16H19N5O/c22-16(15-11-18-6-7-19-15)20-14-3-8-21(9-4-14)12-13-2-1-5-17-10-13/h1-2,5-7,10-11,14H,3-4,8-9,12H2,(H,20,22).